The Kier molecular flexibility index (Phi) is 2.74. The minimum absolute atomic E-state index is 0.0517. The summed E-state index contributed by atoms with van der Waals surface area (Å²) in [7, 11) is 0. The Morgan fingerprint density at radius 2 is 2.00 bits per heavy atom. The summed E-state index contributed by atoms with van der Waals surface area (Å²) in [5.74, 6) is 0.0517. The third-order valence-corrected chi connectivity index (χ3v) is 3.03. The van der Waals surface area contributed by atoms with Crippen molar-refractivity contribution in [2.75, 3.05) is 0 Å². The largest absolute Gasteiger partial charge is 0.357 e. The van der Waals surface area contributed by atoms with E-state index in [1.165, 1.54) is 0 Å². The number of aromatic amines is 1. The number of carbonyl (C=O) groups is 1. The number of carbonyl (C=O) groups excluding carboxylic acids is 1. The van der Waals surface area contributed by atoms with Crippen LogP contribution >= 0.6 is 0 Å². The van der Waals surface area contributed by atoms with Crippen LogP contribution in [0.2, 0.25) is 0 Å². The lowest BCUT2D eigenvalue weighted by atomic mass is 9.88. The molecule has 0 bridgehead atoms. The Bertz CT molecular complexity index is 666. The molecule has 0 saturated carbocycles. The summed E-state index contributed by atoms with van der Waals surface area (Å²) in [5, 5.41) is 9.81. The number of nitrogens with one attached hydrogen (secondary N) is 1. The van der Waals surface area contributed by atoms with Crippen molar-refractivity contribution < 1.29 is 4.79 Å². The number of ketones is 1. The molecule has 2 aromatic rings. The maximum absolute atomic E-state index is 11.9. The minimum Gasteiger partial charge on any atom is -0.357 e. The van der Waals surface area contributed by atoms with Gasteiger partial charge < -0.3 is 4.98 Å². The van der Waals surface area contributed by atoms with Crippen LogP contribution in [0.5, 0.6) is 0 Å². The zero-order valence-electron chi connectivity index (χ0n) is 11.1. The van der Waals surface area contributed by atoms with Gasteiger partial charge in [-0.3, -0.25) is 4.79 Å². The summed E-state index contributed by atoms with van der Waals surface area (Å²) < 4.78 is 0. The molecule has 0 saturated heterocycles. The Hall–Kier alpha value is -2.08. The predicted molar refractivity (Wildman–Crippen MR) is 71.7 cm³/mol. The molecule has 92 valence electrons. The summed E-state index contributed by atoms with van der Waals surface area (Å²) >= 11 is 0. The van der Waals surface area contributed by atoms with Gasteiger partial charge in [-0.05, 0) is 19.1 Å². The molecule has 1 aromatic heterocycles. The number of benzene rings is 1. The van der Waals surface area contributed by atoms with Gasteiger partial charge in [-0.15, -0.1) is 0 Å². The van der Waals surface area contributed by atoms with Gasteiger partial charge in [0.1, 0.15) is 0 Å². The number of fused-ring (bicyclic) bond motifs is 1. The minimum atomic E-state index is -0.132. The molecule has 0 spiro atoms. The van der Waals surface area contributed by atoms with Crippen LogP contribution in [0.25, 0.3) is 10.9 Å². The van der Waals surface area contributed by atoms with Crippen molar-refractivity contribution in [1.29, 1.82) is 5.26 Å². The lowest BCUT2D eigenvalue weighted by Crippen LogP contribution is -2.15. The molecule has 0 atom stereocenters. The van der Waals surface area contributed by atoms with E-state index < -0.39 is 0 Å². The molecule has 0 radical (unpaired) electrons. The number of hydrogen-bond donors (Lipinski definition) is 1. The van der Waals surface area contributed by atoms with Gasteiger partial charge >= 0.3 is 0 Å². The molecule has 1 heterocycles. The fourth-order valence-electron chi connectivity index (χ4n) is 2.20. The number of H-pyrrole nitrogens is 1. The second-order valence-corrected chi connectivity index (χ2v) is 5.55. The van der Waals surface area contributed by atoms with Crippen molar-refractivity contribution in [2.24, 2.45) is 0 Å². The second-order valence-electron chi connectivity index (χ2n) is 5.55. The molecule has 0 unspecified atom stereocenters. The maximum atomic E-state index is 11.9. The topological polar surface area (TPSA) is 56.6 Å². The van der Waals surface area contributed by atoms with Crippen molar-refractivity contribution in [3.8, 4) is 6.07 Å². The first-order valence-electron chi connectivity index (χ1n) is 5.92. The summed E-state index contributed by atoms with van der Waals surface area (Å²) in [6.45, 7) is 7.77. The van der Waals surface area contributed by atoms with E-state index in [1.807, 2.05) is 6.07 Å². The lowest BCUT2D eigenvalue weighted by Gasteiger charge is -2.18. The third kappa shape index (κ3) is 1.91. The van der Waals surface area contributed by atoms with E-state index in [1.54, 1.807) is 19.1 Å². The smallest absolute Gasteiger partial charge is 0.162 e. The summed E-state index contributed by atoms with van der Waals surface area (Å²) in [6, 6.07) is 7.49. The molecule has 3 heteroatoms. The van der Waals surface area contributed by atoms with Crippen LogP contribution in [0, 0.1) is 11.3 Å². The Balaban J connectivity index is 2.84. The molecule has 1 aromatic carbocycles. The van der Waals surface area contributed by atoms with Crippen LogP contribution in [0.4, 0.5) is 0 Å². The number of nitriles is 1. The molecule has 0 aliphatic heterocycles. The molecule has 3 nitrogen and oxygen atoms in total. The van der Waals surface area contributed by atoms with Gasteiger partial charge in [-0.2, -0.15) is 5.26 Å². The quantitative estimate of drug-likeness (QED) is 0.775. The highest BCUT2D eigenvalue weighted by atomic mass is 16.1. The van der Waals surface area contributed by atoms with E-state index in [4.69, 9.17) is 5.26 Å². The van der Waals surface area contributed by atoms with Gasteiger partial charge in [0.25, 0.3) is 0 Å². The van der Waals surface area contributed by atoms with Crippen LogP contribution < -0.4 is 0 Å². The number of rotatable bonds is 1. The van der Waals surface area contributed by atoms with E-state index in [9.17, 15) is 4.79 Å². The lowest BCUT2D eigenvalue weighted by molar-refractivity contribution is 0.101. The maximum Gasteiger partial charge on any atom is 0.162 e. The number of hydrogen-bond acceptors (Lipinski definition) is 2. The van der Waals surface area contributed by atoms with Crippen molar-refractivity contribution in [3.05, 3.63) is 35.0 Å². The van der Waals surface area contributed by atoms with E-state index in [-0.39, 0.29) is 11.2 Å². The third-order valence-electron chi connectivity index (χ3n) is 3.03. The zero-order valence-corrected chi connectivity index (χ0v) is 11.1. The van der Waals surface area contributed by atoms with Crippen molar-refractivity contribution >= 4 is 16.7 Å². The first-order chi connectivity index (χ1) is 8.34. The molecule has 18 heavy (non-hydrogen) atoms. The summed E-state index contributed by atoms with van der Waals surface area (Å²) in [6.07, 6.45) is 0. The zero-order chi connectivity index (χ0) is 13.5. The molecular weight excluding hydrogens is 224 g/mol. The highest BCUT2D eigenvalue weighted by molar-refractivity contribution is 6.08. The van der Waals surface area contributed by atoms with E-state index in [0.29, 0.717) is 5.56 Å². The Morgan fingerprint density at radius 3 is 2.50 bits per heavy atom. The number of nitrogens with zero attached hydrogens (tertiary/aromatic N) is 1. The SMILES string of the molecule is CC(=O)c1c(C(C)(C)C)[nH]c2cc(C#N)ccc12. The van der Waals surface area contributed by atoms with Crippen LogP contribution in [0.15, 0.2) is 18.2 Å². The number of aromatic nitrogens is 1. The van der Waals surface area contributed by atoms with E-state index in [2.05, 4.69) is 31.8 Å². The summed E-state index contributed by atoms with van der Waals surface area (Å²) in [5.41, 5.74) is 2.98. The highest BCUT2D eigenvalue weighted by Gasteiger charge is 2.24. The fraction of sp³-hybridized carbons (Fsp3) is 0.333. The van der Waals surface area contributed by atoms with Gasteiger partial charge in [-0.25, -0.2) is 0 Å². The van der Waals surface area contributed by atoms with E-state index >= 15 is 0 Å². The predicted octanol–water partition coefficient (Wildman–Crippen LogP) is 3.54. The average molecular weight is 240 g/mol. The van der Waals surface area contributed by atoms with Crippen LogP contribution in [-0.4, -0.2) is 10.8 Å². The highest BCUT2D eigenvalue weighted by Crippen LogP contribution is 2.32. The molecule has 1 N–H and O–H groups in total. The molecule has 0 amide bonds. The van der Waals surface area contributed by atoms with Gasteiger partial charge in [-0.1, -0.05) is 26.8 Å². The van der Waals surface area contributed by atoms with Crippen LogP contribution in [0.1, 0.15) is 49.3 Å². The Labute approximate surface area is 106 Å². The first kappa shape index (κ1) is 12.4. The summed E-state index contributed by atoms with van der Waals surface area (Å²) in [4.78, 5) is 15.1. The van der Waals surface area contributed by atoms with Gasteiger partial charge in [0.05, 0.1) is 11.6 Å². The molecule has 0 aliphatic rings. The molecule has 0 fully saturated rings. The monoisotopic (exact) mass is 240 g/mol. The van der Waals surface area contributed by atoms with Crippen molar-refractivity contribution in [2.45, 2.75) is 33.1 Å². The van der Waals surface area contributed by atoms with E-state index in [0.717, 1.165) is 22.2 Å². The standard InChI is InChI=1S/C15H16N2O/c1-9(18)13-11-6-5-10(8-16)7-12(11)17-14(13)15(2,3)4/h5-7,17H,1-4H3. The number of Topliss-reactive ketones (excluding diaryl/α,β-unsaturated/α-hetero) is 1. The first-order valence-corrected chi connectivity index (χ1v) is 5.92. The normalized spacial score (nSPS) is 11.5. The molecule has 0 aliphatic carbocycles. The van der Waals surface area contributed by atoms with Crippen molar-refractivity contribution in [1.82, 2.24) is 4.98 Å². The average Bonchev–Trinajstić information content (AvgIpc) is 2.66. The molecule has 2 rings (SSSR count). The van der Waals surface area contributed by atoms with Gasteiger partial charge in [0.2, 0.25) is 0 Å². The fourth-order valence-corrected chi connectivity index (χ4v) is 2.20. The van der Waals surface area contributed by atoms with Crippen molar-refractivity contribution in [3.63, 3.8) is 0 Å². The van der Waals surface area contributed by atoms with Crippen LogP contribution in [0.3, 0.4) is 0 Å². The van der Waals surface area contributed by atoms with Gasteiger partial charge in [0, 0.05) is 27.6 Å². The Morgan fingerprint density at radius 1 is 1.33 bits per heavy atom. The molecular formula is C15H16N2O. The second kappa shape index (κ2) is 3.99. The van der Waals surface area contributed by atoms with Crippen LogP contribution in [-0.2, 0) is 5.41 Å². The van der Waals surface area contributed by atoms with Gasteiger partial charge in [0.15, 0.2) is 5.78 Å².